The van der Waals surface area contributed by atoms with E-state index < -0.39 is 19.9 Å². The molecule has 11 heteroatoms. The molecular formula is C16H16N2O6S3. The van der Waals surface area contributed by atoms with Gasteiger partial charge in [0, 0.05) is 12.3 Å². The molecule has 0 bridgehead atoms. The molecule has 0 aliphatic carbocycles. The molecule has 3 rings (SSSR count). The van der Waals surface area contributed by atoms with Crippen LogP contribution in [0.4, 0.5) is 5.13 Å². The van der Waals surface area contributed by atoms with Crippen LogP contribution in [0.5, 0.6) is 11.5 Å². The van der Waals surface area contributed by atoms with Crippen LogP contribution < -0.4 is 14.2 Å². The zero-order valence-corrected chi connectivity index (χ0v) is 17.0. The summed E-state index contributed by atoms with van der Waals surface area (Å²) in [5.74, 6) is 0.687. The standard InChI is InChI=1S/C16H16N2O6S3/c1-23-13-7-5-11(8-14(13)24-2)27(21,22)18-16-17-12-6-4-10(26(3,19)20)9-15(12)25-16/h4-9H,1-3H3,(H,17,18). The molecule has 1 aromatic heterocycles. The Hall–Kier alpha value is -2.37. The Morgan fingerprint density at radius 1 is 0.926 bits per heavy atom. The molecule has 0 unspecified atom stereocenters. The summed E-state index contributed by atoms with van der Waals surface area (Å²) in [4.78, 5) is 4.33. The quantitative estimate of drug-likeness (QED) is 0.642. The summed E-state index contributed by atoms with van der Waals surface area (Å²) < 4.78 is 61.8. The molecular weight excluding hydrogens is 412 g/mol. The molecule has 8 nitrogen and oxygen atoms in total. The van der Waals surface area contributed by atoms with Gasteiger partial charge in [0.1, 0.15) is 0 Å². The van der Waals surface area contributed by atoms with Crippen LogP contribution in [0, 0.1) is 0 Å². The molecule has 0 saturated carbocycles. The number of sulfone groups is 1. The lowest BCUT2D eigenvalue weighted by Gasteiger charge is -2.10. The summed E-state index contributed by atoms with van der Waals surface area (Å²) >= 11 is 1.04. The molecule has 0 radical (unpaired) electrons. The van der Waals surface area contributed by atoms with Gasteiger partial charge in [-0.25, -0.2) is 21.8 Å². The lowest BCUT2D eigenvalue weighted by Crippen LogP contribution is -2.13. The van der Waals surface area contributed by atoms with E-state index >= 15 is 0 Å². The van der Waals surface area contributed by atoms with E-state index in [1.54, 1.807) is 0 Å². The summed E-state index contributed by atoms with van der Waals surface area (Å²) in [7, 11) is -4.41. The predicted octanol–water partition coefficient (Wildman–Crippen LogP) is 2.52. The first-order chi connectivity index (χ1) is 12.6. The fraction of sp³-hybridized carbons (Fsp3) is 0.188. The number of ether oxygens (including phenoxy) is 2. The minimum Gasteiger partial charge on any atom is -0.493 e. The third-order valence-corrected chi connectivity index (χ3v) is 7.18. The summed E-state index contributed by atoms with van der Waals surface area (Å²) in [6.45, 7) is 0. The van der Waals surface area contributed by atoms with Gasteiger partial charge < -0.3 is 9.47 Å². The van der Waals surface area contributed by atoms with Gasteiger partial charge in [0.25, 0.3) is 10.0 Å². The highest BCUT2D eigenvalue weighted by molar-refractivity contribution is 7.93. The van der Waals surface area contributed by atoms with Crippen molar-refractivity contribution in [2.45, 2.75) is 9.79 Å². The number of methoxy groups -OCH3 is 2. The van der Waals surface area contributed by atoms with Gasteiger partial charge in [0.15, 0.2) is 26.5 Å². The molecule has 0 amide bonds. The van der Waals surface area contributed by atoms with Gasteiger partial charge in [-0.2, -0.15) is 0 Å². The number of hydrogen-bond donors (Lipinski definition) is 1. The molecule has 0 saturated heterocycles. The minimum atomic E-state index is -3.91. The van der Waals surface area contributed by atoms with Crippen molar-refractivity contribution in [2.24, 2.45) is 0 Å². The van der Waals surface area contributed by atoms with Crippen molar-refractivity contribution in [1.82, 2.24) is 4.98 Å². The molecule has 0 fully saturated rings. The summed E-state index contributed by atoms with van der Waals surface area (Å²) in [5.41, 5.74) is 0.498. The largest absolute Gasteiger partial charge is 0.493 e. The van der Waals surface area contributed by atoms with E-state index in [9.17, 15) is 16.8 Å². The van der Waals surface area contributed by atoms with Crippen molar-refractivity contribution in [3.63, 3.8) is 0 Å². The van der Waals surface area contributed by atoms with E-state index in [1.165, 1.54) is 50.6 Å². The Kier molecular flexibility index (Phi) is 5.02. The number of thiazole rings is 1. The van der Waals surface area contributed by atoms with Crippen molar-refractivity contribution < 1.29 is 26.3 Å². The maximum absolute atomic E-state index is 12.6. The molecule has 1 heterocycles. The normalized spacial score (nSPS) is 12.1. The van der Waals surface area contributed by atoms with Crippen LogP contribution in [0.2, 0.25) is 0 Å². The predicted molar refractivity (Wildman–Crippen MR) is 103 cm³/mol. The van der Waals surface area contributed by atoms with Gasteiger partial charge in [-0.1, -0.05) is 11.3 Å². The second kappa shape index (κ2) is 6.98. The molecule has 0 aliphatic rings. The third-order valence-electron chi connectivity index (χ3n) is 3.68. The second-order valence-corrected chi connectivity index (χ2v) is 10.3. The van der Waals surface area contributed by atoms with E-state index in [0.717, 1.165) is 17.6 Å². The van der Waals surface area contributed by atoms with Crippen LogP contribution in [-0.4, -0.2) is 42.3 Å². The highest BCUT2D eigenvalue weighted by Gasteiger charge is 2.19. The number of aromatic nitrogens is 1. The average Bonchev–Trinajstić information content (AvgIpc) is 3.00. The first-order valence-electron chi connectivity index (χ1n) is 7.49. The Morgan fingerprint density at radius 3 is 2.22 bits per heavy atom. The number of fused-ring (bicyclic) bond motifs is 1. The van der Waals surface area contributed by atoms with E-state index in [4.69, 9.17) is 9.47 Å². The Labute approximate surface area is 160 Å². The number of anilines is 1. The summed E-state index contributed by atoms with van der Waals surface area (Å²) in [6, 6.07) is 8.66. The third kappa shape index (κ3) is 3.99. The number of benzene rings is 2. The first-order valence-corrected chi connectivity index (χ1v) is 11.7. The van der Waals surface area contributed by atoms with Gasteiger partial charge in [0.05, 0.1) is 34.2 Å². The van der Waals surface area contributed by atoms with Crippen LogP contribution >= 0.6 is 11.3 Å². The summed E-state index contributed by atoms with van der Waals surface area (Å²) in [6.07, 6.45) is 1.11. The average molecular weight is 429 g/mol. The Bertz CT molecular complexity index is 1220. The van der Waals surface area contributed by atoms with E-state index in [1.807, 2.05) is 0 Å². The van der Waals surface area contributed by atoms with Gasteiger partial charge in [-0.3, -0.25) is 4.72 Å². The van der Waals surface area contributed by atoms with Gasteiger partial charge in [-0.15, -0.1) is 0 Å². The number of hydrogen-bond acceptors (Lipinski definition) is 8. The van der Waals surface area contributed by atoms with Gasteiger partial charge >= 0.3 is 0 Å². The number of sulfonamides is 1. The second-order valence-electron chi connectivity index (χ2n) is 5.54. The lowest BCUT2D eigenvalue weighted by molar-refractivity contribution is 0.354. The van der Waals surface area contributed by atoms with Crippen molar-refractivity contribution in [3.05, 3.63) is 36.4 Å². The van der Waals surface area contributed by atoms with Crippen molar-refractivity contribution >= 4 is 46.5 Å². The fourth-order valence-corrected chi connectivity index (χ4v) is 5.21. The smallest absolute Gasteiger partial charge is 0.263 e. The van der Waals surface area contributed by atoms with Crippen LogP contribution in [0.25, 0.3) is 10.2 Å². The maximum Gasteiger partial charge on any atom is 0.263 e. The molecule has 3 aromatic rings. The van der Waals surface area contributed by atoms with Gasteiger partial charge in [0.2, 0.25) is 0 Å². The van der Waals surface area contributed by atoms with Crippen molar-refractivity contribution in [2.75, 3.05) is 25.2 Å². The van der Waals surface area contributed by atoms with Gasteiger partial charge in [-0.05, 0) is 30.3 Å². The Morgan fingerprint density at radius 2 is 1.59 bits per heavy atom. The molecule has 1 N–H and O–H groups in total. The molecule has 2 aromatic carbocycles. The maximum atomic E-state index is 12.6. The zero-order valence-electron chi connectivity index (χ0n) is 14.6. The first kappa shape index (κ1) is 19.4. The fourth-order valence-electron chi connectivity index (χ4n) is 2.34. The topological polar surface area (TPSA) is 112 Å². The van der Waals surface area contributed by atoms with Crippen LogP contribution in [0.15, 0.2) is 46.2 Å². The SMILES string of the molecule is COc1ccc(S(=O)(=O)Nc2nc3ccc(S(C)(=O)=O)cc3s2)cc1OC. The van der Waals surface area contributed by atoms with E-state index in [-0.39, 0.29) is 20.7 Å². The highest BCUT2D eigenvalue weighted by atomic mass is 32.2. The van der Waals surface area contributed by atoms with Crippen LogP contribution in [0.1, 0.15) is 0 Å². The molecule has 144 valence electrons. The lowest BCUT2D eigenvalue weighted by atomic mass is 10.3. The molecule has 0 aliphatic heterocycles. The van der Waals surface area contributed by atoms with Crippen LogP contribution in [-0.2, 0) is 19.9 Å². The van der Waals surface area contributed by atoms with Crippen LogP contribution in [0.3, 0.4) is 0 Å². The van der Waals surface area contributed by atoms with Crippen molar-refractivity contribution in [1.29, 1.82) is 0 Å². The molecule has 0 atom stereocenters. The number of rotatable bonds is 6. The number of nitrogens with one attached hydrogen (secondary N) is 1. The van der Waals surface area contributed by atoms with E-state index in [0.29, 0.717) is 16.0 Å². The minimum absolute atomic E-state index is 0.0174. The van der Waals surface area contributed by atoms with Crippen molar-refractivity contribution in [3.8, 4) is 11.5 Å². The number of nitrogens with zero attached hydrogens (tertiary/aromatic N) is 1. The zero-order chi connectivity index (χ0) is 19.8. The summed E-state index contributed by atoms with van der Waals surface area (Å²) in [5, 5.41) is 0.130. The Balaban J connectivity index is 1.96. The molecule has 27 heavy (non-hydrogen) atoms. The monoisotopic (exact) mass is 428 g/mol. The molecule has 0 spiro atoms. The van der Waals surface area contributed by atoms with E-state index in [2.05, 4.69) is 9.71 Å². The highest BCUT2D eigenvalue weighted by Crippen LogP contribution is 2.32.